The number of carbonyl (C=O) groups excluding carboxylic acids is 1. The zero-order valence-corrected chi connectivity index (χ0v) is 8.91. The van der Waals surface area contributed by atoms with E-state index < -0.39 is 0 Å². The Morgan fingerprint density at radius 3 is 2.73 bits per heavy atom. The molecule has 0 spiro atoms. The lowest BCUT2D eigenvalue weighted by Crippen LogP contribution is -1.88. The lowest BCUT2D eigenvalue weighted by atomic mass is 10.1. The fourth-order valence-corrected chi connectivity index (χ4v) is 1.80. The third-order valence-electron chi connectivity index (χ3n) is 2.28. The molecule has 0 atom stereocenters. The predicted octanol–water partition coefficient (Wildman–Crippen LogP) is 3.31. The van der Waals surface area contributed by atoms with Gasteiger partial charge in [0.2, 0.25) is 0 Å². The van der Waals surface area contributed by atoms with Gasteiger partial charge in [-0.2, -0.15) is 0 Å². The Balaban J connectivity index is 2.86. The smallest absolute Gasteiger partial charge is 0.150 e. The first-order valence-electron chi connectivity index (χ1n) is 4.47. The molecule has 0 radical (unpaired) electrons. The van der Waals surface area contributed by atoms with Crippen molar-refractivity contribution in [3.8, 4) is 5.75 Å². The van der Waals surface area contributed by atoms with Crippen molar-refractivity contribution in [1.82, 2.24) is 0 Å². The highest BCUT2D eigenvalue weighted by Crippen LogP contribution is 2.31. The van der Waals surface area contributed by atoms with E-state index >= 15 is 0 Å². The number of aldehydes is 1. The summed E-state index contributed by atoms with van der Waals surface area (Å²) < 4.78 is 5.21. The van der Waals surface area contributed by atoms with Gasteiger partial charge in [-0.15, -0.1) is 0 Å². The highest BCUT2D eigenvalue weighted by Gasteiger charge is 2.06. The van der Waals surface area contributed by atoms with Crippen LogP contribution in [0.15, 0.2) is 30.3 Å². The van der Waals surface area contributed by atoms with Crippen LogP contribution in [0.3, 0.4) is 0 Å². The van der Waals surface area contributed by atoms with E-state index in [4.69, 9.17) is 16.3 Å². The van der Waals surface area contributed by atoms with Gasteiger partial charge in [-0.25, -0.2) is 0 Å². The second-order valence-electron chi connectivity index (χ2n) is 3.18. The molecule has 0 saturated carbocycles. The summed E-state index contributed by atoms with van der Waals surface area (Å²) in [7, 11) is 1.57. The molecule has 0 fully saturated rings. The van der Waals surface area contributed by atoms with E-state index in [0.717, 1.165) is 17.1 Å². The second-order valence-corrected chi connectivity index (χ2v) is 3.58. The van der Waals surface area contributed by atoms with E-state index in [1.165, 1.54) is 0 Å². The maximum atomic E-state index is 10.7. The van der Waals surface area contributed by atoms with E-state index in [0.29, 0.717) is 16.3 Å². The third-order valence-corrected chi connectivity index (χ3v) is 2.61. The van der Waals surface area contributed by atoms with Crippen LogP contribution in [-0.4, -0.2) is 13.4 Å². The molecule has 0 saturated heterocycles. The molecule has 0 aliphatic rings. The molecule has 2 aromatic carbocycles. The number of methoxy groups -OCH3 is 1. The van der Waals surface area contributed by atoms with Crippen molar-refractivity contribution in [3.05, 3.63) is 40.9 Å². The van der Waals surface area contributed by atoms with Gasteiger partial charge in [0.05, 0.1) is 7.11 Å². The summed E-state index contributed by atoms with van der Waals surface area (Å²) in [4.78, 5) is 10.7. The van der Waals surface area contributed by atoms with Crippen LogP contribution in [0.2, 0.25) is 5.02 Å². The molecule has 2 rings (SSSR count). The van der Waals surface area contributed by atoms with E-state index in [1.54, 1.807) is 25.3 Å². The highest BCUT2D eigenvalue weighted by molar-refractivity contribution is 6.35. The van der Waals surface area contributed by atoms with Gasteiger partial charge in [0.15, 0.2) is 0 Å². The minimum Gasteiger partial charge on any atom is -0.496 e. The van der Waals surface area contributed by atoms with Gasteiger partial charge >= 0.3 is 0 Å². The molecule has 0 N–H and O–H groups in total. The zero-order valence-electron chi connectivity index (χ0n) is 8.16. The van der Waals surface area contributed by atoms with Crippen LogP contribution in [0.25, 0.3) is 10.8 Å². The summed E-state index contributed by atoms with van der Waals surface area (Å²) in [6, 6.07) is 9.01. The largest absolute Gasteiger partial charge is 0.496 e. The fourth-order valence-electron chi connectivity index (χ4n) is 1.57. The van der Waals surface area contributed by atoms with Gasteiger partial charge in [-0.1, -0.05) is 23.7 Å². The lowest BCUT2D eigenvalue weighted by molar-refractivity contribution is 0.112. The average Bonchev–Trinajstić information content (AvgIpc) is 2.28. The maximum Gasteiger partial charge on any atom is 0.150 e. The van der Waals surface area contributed by atoms with Crippen molar-refractivity contribution in [2.75, 3.05) is 7.11 Å². The molecule has 0 heterocycles. The first kappa shape index (κ1) is 9.99. The molecule has 76 valence electrons. The van der Waals surface area contributed by atoms with E-state index in [9.17, 15) is 4.79 Å². The second kappa shape index (κ2) is 3.91. The Labute approximate surface area is 92.4 Å². The predicted molar refractivity (Wildman–Crippen MR) is 60.9 cm³/mol. The molecule has 0 aliphatic heterocycles. The Hall–Kier alpha value is -1.54. The number of ether oxygens (including phenoxy) is 1. The molecule has 0 amide bonds. The number of fused-ring (bicyclic) bond motifs is 1. The Morgan fingerprint density at radius 2 is 2.07 bits per heavy atom. The van der Waals surface area contributed by atoms with Crippen LogP contribution in [0.5, 0.6) is 5.75 Å². The molecule has 0 bridgehead atoms. The van der Waals surface area contributed by atoms with Crippen molar-refractivity contribution >= 4 is 28.7 Å². The summed E-state index contributed by atoms with van der Waals surface area (Å²) in [6.45, 7) is 0. The minimum absolute atomic E-state index is 0.562. The number of hydrogen-bond acceptors (Lipinski definition) is 2. The molecule has 0 aromatic heterocycles. The van der Waals surface area contributed by atoms with Gasteiger partial charge in [-0.3, -0.25) is 4.79 Å². The van der Waals surface area contributed by atoms with Crippen LogP contribution in [0.1, 0.15) is 10.4 Å². The monoisotopic (exact) mass is 220 g/mol. The molecule has 15 heavy (non-hydrogen) atoms. The first-order chi connectivity index (χ1) is 7.26. The average molecular weight is 221 g/mol. The SMILES string of the molecule is COc1cc(C=O)cc2c(Cl)cccc12. The lowest BCUT2D eigenvalue weighted by Gasteiger charge is -2.07. The molecule has 2 nitrogen and oxygen atoms in total. The molecule has 2 aromatic rings. The topological polar surface area (TPSA) is 26.3 Å². The fraction of sp³-hybridized carbons (Fsp3) is 0.0833. The van der Waals surface area contributed by atoms with Gasteiger partial charge in [0, 0.05) is 21.4 Å². The third kappa shape index (κ3) is 1.68. The standard InChI is InChI=1S/C12H9ClO2/c1-15-12-6-8(7-14)5-10-9(12)3-2-4-11(10)13/h2-7H,1H3. The number of rotatable bonds is 2. The normalized spacial score (nSPS) is 10.3. The van der Waals surface area contributed by atoms with E-state index in [1.807, 2.05) is 12.1 Å². The number of halogens is 1. The van der Waals surface area contributed by atoms with Crippen molar-refractivity contribution in [3.63, 3.8) is 0 Å². The van der Waals surface area contributed by atoms with Crippen LogP contribution in [0, 0.1) is 0 Å². The van der Waals surface area contributed by atoms with Crippen molar-refractivity contribution in [2.24, 2.45) is 0 Å². The Kier molecular flexibility index (Phi) is 2.60. The van der Waals surface area contributed by atoms with Crippen LogP contribution in [-0.2, 0) is 0 Å². The van der Waals surface area contributed by atoms with E-state index in [-0.39, 0.29) is 0 Å². The summed E-state index contributed by atoms with van der Waals surface area (Å²) >= 11 is 6.04. The van der Waals surface area contributed by atoms with E-state index in [2.05, 4.69) is 0 Å². The zero-order chi connectivity index (χ0) is 10.8. The molecule has 0 aliphatic carbocycles. The maximum absolute atomic E-state index is 10.7. The first-order valence-corrected chi connectivity index (χ1v) is 4.85. The Bertz CT molecular complexity index is 520. The number of carbonyl (C=O) groups is 1. The van der Waals surface area contributed by atoms with Crippen LogP contribution < -0.4 is 4.74 Å². The van der Waals surface area contributed by atoms with Crippen molar-refractivity contribution < 1.29 is 9.53 Å². The van der Waals surface area contributed by atoms with Crippen molar-refractivity contribution in [1.29, 1.82) is 0 Å². The molecule has 3 heteroatoms. The van der Waals surface area contributed by atoms with Gasteiger partial charge < -0.3 is 4.74 Å². The summed E-state index contributed by atoms with van der Waals surface area (Å²) in [5.41, 5.74) is 0.562. The number of benzene rings is 2. The van der Waals surface area contributed by atoms with Gasteiger partial charge in [0.1, 0.15) is 12.0 Å². The summed E-state index contributed by atoms with van der Waals surface area (Å²) in [6.07, 6.45) is 0.783. The van der Waals surface area contributed by atoms with Crippen molar-refractivity contribution in [2.45, 2.75) is 0 Å². The van der Waals surface area contributed by atoms with Gasteiger partial charge in [-0.05, 0) is 18.2 Å². The molecular weight excluding hydrogens is 212 g/mol. The summed E-state index contributed by atoms with van der Waals surface area (Å²) in [5.74, 6) is 0.664. The minimum atomic E-state index is 0.562. The Morgan fingerprint density at radius 1 is 1.27 bits per heavy atom. The van der Waals surface area contributed by atoms with Crippen LogP contribution in [0.4, 0.5) is 0 Å². The highest BCUT2D eigenvalue weighted by atomic mass is 35.5. The summed E-state index contributed by atoms with van der Waals surface area (Å²) in [5, 5.41) is 2.37. The quantitative estimate of drug-likeness (QED) is 0.726. The number of hydrogen-bond donors (Lipinski definition) is 0. The van der Waals surface area contributed by atoms with Gasteiger partial charge in [0.25, 0.3) is 0 Å². The van der Waals surface area contributed by atoms with Crippen LogP contribution >= 0.6 is 11.6 Å². The molecule has 0 unspecified atom stereocenters. The molecular formula is C12H9ClO2.